The van der Waals surface area contributed by atoms with Crippen molar-refractivity contribution < 1.29 is 13.2 Å². The van der Waals surface area contributed by atoms with Crippen LogP contribution in [-0.4, -0.2) is 30.7 Å². The summed E-state index contributed by atoms with van der Waals surface area (Å²) in [5.74, 6) is 0.665. The van der Waals surface area contributed by atoms with Gasteiger partial charge in [0.05, 0.1) is 35.0 Å². The minimum Gasteiger partial charge on any atom is -0.494 e. The monoisotopic (exact) mass is 417 g/mol. The number of hydrogen-bond donors (Lipinski definition) is 2. The van der Waals surface area contributed by atoms with Crippen molar-refractivity contribution in [1.82, 2.24) is 14.8 Å². The molecule has 0 amide bonds. The molecule has 146 valence electrons. The Kier molecular flexibility index (Phi) is 4.74. The molecule has 3 heterocycles. The quantitative estimate of drug-likeness (QED) is 0.666. The number of sulfonamides is 1. The number of fused-ring (bicyclic) bond motifs is 1. The fourth-order valence-electron chi connectivity index (χ4n) is 3.20. The number of benzene rings is 1. The first-order chi connectivity index (χ1) is 13.4. The molecule has 1 aromatic carbocycles. The van der Waals surface area contributed by atoms with E-state index in [1.54, 1.807) is 18.2 Å². The fraction of sp³-hybridized carbons (Fsp3) is 0.211. The van der Waals surface area contributed by atoms with Crippen molar-refractivity contribution in [3.63, 3.8) is 0 Å². The van der Waals surface area contributed by atoms with Gasteiger partial charge in [-0.15, -0.1) is 15.8 Å². The van der Waals surface area contributed by atoms with Gasteiger partial charge in [0, 0.05) is 11.6 Å². The number of nitrogens with zero attached hydrogens (tertiary/aromatic N) is 1. The van der Waals surface area contributed by atoms with E-state index in [4.69, 9.17) is 4.74 Å². The molecule has 0 fully saturated rings. The lowest BCUT2D eigenvalue weighted by Crippen LogP contribution is -2.40. The zero-order valence-corrected chi connectivity index (χ0v) is 16.9. The number of pyridine rings is 1. The summed E-state index contributed by atoms with van der Waals surface area (Å²) < 4.78 is 31.2. The van der Waals surface area contributed by atoms with Gasteiger partial charge in [-0.25, -0.2) is 8.42 Å². The number of ether oxygens (including phenoxy) is 1. The second-order valence-corrected chi connectivity index (χ2v) is 9.22. The summed E-state index contributed by atoms with van der Waals surface area (Å²) in [6.07, 6.45) is 2.87. The maximum absolute atomic E-state index is 12.8. The molecule has 1 aliphatic rings. The second kappa shape index (κ2) is 7.08. The summed E-state index contributed by atoms with van der Waals surface area (Å²) in [6.45, 7) is 2.42. The second-order valence-electron chi connectivity index (χ2n) is 6.41. The summed E-state index contributed by atoms with van der Waals surface area (Å²) >= 11 is 1.49. The molecule has 28 heavy (non-hydrogen) atoms. The van der Waals surface area contributed by atoms with E-state index in [1.165, 1.54) is 11.3 Å². The molecule has 2 N–H and O–H groups in total. The maximum Gasteiger partial charge on any atom is 0.253 e. The average Bonchev–Trinajstić information content (AvgIpc) is 3.30. The molecule has 9 heteroatoms. The van der Waals surface area contributed by atoms with Crippen LogP contribution in [0.4, 0.5) is 0 Å². The zero-order valence-electron chi connectivity index (χ0n) is 15.3. The van der Waals surface area contributed by atoms with E-state index in [-0.39, 0.29) is 5.56 Å². The summed E-state index contributed by atoms with van der Waals surface area (Å²) in [6, 6.07) is 10.2. The van der Waals surface area contributed by atoms with Gasteiger partial charge in [-0.2, -0.15) is 0 Å². The molecule has 0 spiro atoms. The van der Waals surface area contributed by atoms with E-state index in [9.17, 15) is 13.2 Å². The van der Waals surface area contributed by atoms with E-state index in [2.05, 4.69) is 10.4 Å². The number of hydrogen-bond acceptors (Lipinski definition) is 6. The predicted octanol–water partition coefficient (Wildman–Crippen LogP) is 2.85. The lowest BCUT2D eigenvalue weighted by atomic mass is 10.1. The van der Waals surface area contributed by atoms with Crippen LogP contribution in [0.5, 0.6) is 5.75 Å². The summed E-state index contributed by atoms with van der Waals surface area (Å²) in [4.78, 5) is 16.5. The number of aromatic nitrogens is 1. The van der Waals surface area contributed by atoms with Gasteiger partial charge in [0.25, 0.3) is 5.56 Å². The average molecular weight is 418 g/mol. The Morgan fingerprint density at radius 1 is 1.25 bits per heavy atom. The van der Waals surface area contributed by atoms with Gasteiger partial charge in [-0.3, -0.25) is 4.79 Å². The Labute approximate surface area is 166 Å². The molecular formula is C19H19N3O4S2. The molecule has 0 aliphatic carbocycles. The summed E-state index contributed by atoms with van der Waals surface area (Å²) in [5, 5.41) is 2.71. The predicted molar refractivity (Wildman–Crippen MR) is 111 cm³/mol. The molecule has 0 saturated carbocycles. The van der Waals surface area contributed by atoms with Crippen molar-refractivity contribution in [3.05, 3.63) is 68.6 Å². The van der Waals surface area contributed by atoms with Crippen LogP contribution in [0.15, 0.2) is 52.6 Å². The fourth-order valence-corrected chi connectivity index (χ4v) is 4.75. The van der Waals surface area contributed by atoms with Crippen LogP contribution >= 0.6 is 11.3 Å². The first kappa shape index (κ1) is 18.7. The SMILES string of the molecule is CCOc1ccc2cc([C@H]3C=C(c4cccs4)NN3S(C)(=O)=O)c(=O)[nH]c2c1. The van der Waals surface area contributed by atoms with Gasteiger partial charge in [0.15, 0.2) is 0 Å². The molecule has 4 rings (SSSR count). The van der Waals surface area contributed by atoms with Crippen molar-refractivity contribution in [2.45, 2.75) is 13.0 Å². The van der Waals surface area contributed by atoms with E-state index in [0.29, 0.717) is 29.1 Å². The van der Waals surface area contributed by atoms with Crippen LogP contribution in [0.3, 0.4) is 0 Å². The van der Waals surface area contributed by atoms with Crippen molar-refractivity contribution in [2.24, 2.45) is 0 Å². The third-order valence-electron chi connectivity index (χ3n) is 4.43. The van der Waals surface area contributed by atoms with Gasteiger partial charge in [0.2, 0.25) is 10.0 Å². The Morgan fingerprint density at radius 2 is 2.07 bits per heavy atom. The third kappa shape index (κ3) is 3.44. The van der Waals surface area contributed by atoms with Gasteiger partial charge < -0.3 is 15.1 Å². The molecule has 7 nitrogen and oxygen atoms in total. The van der Waals surface area contributed by atoms with Crippen LogP contribution in [0.1, 0.15) is 23.4 Å². The Hall–Kier alpha value is -2.62. The van der Waals surface area contributed by atoms with Gasteiger partial charge in [0.1, 0.15) is 5.75 Å². The first-order valence-electron chi connectivity index (χ1n) is 8.68. The van der Waals surface area contributed by atoms with Crippen molar-refractivity contribution in [2.75, 3.05) is 12.9 Å². The molecule has 0 saturated heterocycles. The highest BCUT2D eigenvalue weighted by Gasteiger charge is 2.35. The van der Waals surface area contributed by atoms with Crippen LogP contribution in [-0.2, 0) is 10.0 Å². The highest BCUT2D eigenvalue weighted by Crippen LogP contribution is 2.34. The zero-order chi connectivity index (χ0) is 19.9. The van der Waals surface area contributed by atoms with Crippen molar-refractivity contribution in [3.8, 4) is 5.75 Å². The molecule has 3 aromatic rings. The van der Waals surface area contributed by atoms with E-state index < -0.39 is 16.1 Å². The third-order valence-corrected chi connectivity index (χ3v) is 6.36. The van der Waals surface area contributed by atoms with Gasteiger partial charge in [-0.05, 0) is 48.0 Å². The minimum absolute atomic E-state index is 0.342. The van der Waals surface area contributed by atoms with Crippen molar-refractivity contribution >= 4 is 38.0 Å². The largest absolute Gasteiger partial charge is 0.494 e. The van der Waals surface area contributed by atoms with Crippen molar-refractivity contribution in [1.29, 1.82) is 0 Å². The van der Waals surface area contributed by atoms with E-state index in [1.807, 2.05) is 36.6 Å². The Morgan fingerprint density at radius 3 is 2.75 bits per heavy atom. The lowest BCUT2D eigenvalue weighted by Gasteiger charge is -2.22. The topological polar surface area (TPSA) is 91.5 Å². The number of aromatic amines is 1. The minimum atomic E-state index is -3.61. The molecule has 0 radical (unpaired) electrons. The molecular weight excluding hydrogens is 398 g/mol. The first-order valence-corrected chi connectivity index (χ1v) is 11.4. The van der Waals surface area contributed by atoms with Crippen LogP contribution in [0.2, 0.25) is 0 Å². The highest BCUT2D eigenvalue weighted by molar-refractivity contribution is 7.88. The van der Waals surface area contributed by atoms with Gasteiger partial charge in [-0.1, -0.05) is 6.07 Å². The Bertz CT molecular complexity index is 1210. The Balaban J connectivity index is 1.82. The molecule has 1 aliphatic heterocycles. The maximum atomic E-state index is 12.8. The summed E-state index contributed by atoms with van der Waals surface area (Å²) in [7, 11) is -3.61. The molecule has 2 aromatic heterocycles. The number of hydrazine groups is 1. The van der Waals surface area contributed by atoms with Crippen LogP contribution < -0.4 is 15.7 Å². The molecule has 0 unspecified atom stereocenters. The summed E-state index contributed by atoms with van der Waals surface area (Å²) in [5.41, 5.74) is 4.23. The lowest BCUT2D eigenvalue weighted by molar-refractivity contribution is 0.340. The number of thiophene rings is 1. The van der Waals surface area contributed by atoms with E-state index in [0.717, 1.165) is 20.9 Å². The van der Waals surface area contributed by atoms with E-state index >= 15 is 0 Å². The molecule has 1 atom stereocenters. The van der Waals surface area contributed by atoms with Crippen LogP contribution in [0, 0.1) is 0 Å². The molecule has 0 bridgehead atoms. The van der Waals surface area contributed by atoms with Crippen LogP contribution in [0.25, 0.3) is 16.6 Å². The number of H-pyrrole nitrogens is 1. The standard InChI is InChI=1S/C19H19N3O4S2/c1-3-26-13-7-6-12-9-14(19(23)20-15(12)10-13)17-11-16(18-5-4-8-27-18)21-22(17)28(2,24)25/h4-11,17,21H,3H2,1-2H3,(H,20,23)/t17-/m1/s1. The smallest absolute Gasteiger partial charge is 0.253 e. The van der Waals surface area contributed by atoms with Gasteiger partial charge >= 0.3 is 0 Å². The highest BCUT2D eigenvalue weighted by atomic mass is 32.2. The number of rotatable bonds is 5. The normalized spacial score (nSPS) is 17.5. The number of nitrogens with one attached hydrogen (secondary N) is 2.